The summed E-state index contributed by atoms with van der Waals surface area (Å²) in [6.45, 7) is 2.04. The lowest BCUT2D eigenvalue weighted by Gasteiger charge is -2.12. The van der Waals surface area contributed by atoms with Gasteiger partial charge in [0.1, 0.15) is 5.44 Å². The predicted octanol–water partition coefficient (Wildman–Crippen LogP) is 3.32. The van der Waals surface area contributed by atoms with Gasteiger partial charge in [0.05, 0.1) is 11.3 Å². The van der Waals surface area contributed by atoms with Crippen LogP contribution in [0.4, 0.5) is 0 Å². The van der Waals surface area contributed by atoms with Gasteiger partial charge in [-0.05, 0) is 30.7 Å². The van der Waals surface area contributed by atoms with Gasteiger partial charge in [0, 0.05) is 5.02 Å². The number of thioether (sulfide) groups is 1. The third kappa shape index (κ3) is 3.37. The van der Waals surface area contributed by atoms with E-state index in [0.717, 1.165) is 6.42 Å². The molecule has 92 valence electrons. The Labute approximate surface area is 109 Å². The van der Waals surface area contributed by atoms with Crippen LogP contribution in [-0.2, 0) is 9.47 Å². The summed E-state index contributed by atoms with van der Waals surface area (Å²) in [5.41, 5.74) is 0.626. The smallest absolute Gasteiger partial charge is 0.340 e. The monoisotopic (exact) mass is 272 g/mol. The lowest BCUT2D eigenvalue weighted by atomic mass is 10.2. The molecule has 17 heavy (non-hydrogen) atoms. The fraction of sp³-hybridized carbons (Fsp3) is 0.417. The number of esters is 1. The van der Waals surface area contributed by atoms with Crippen LogP contribution in [0.1, 0.15) is 23.7 Å². The number of benzene rings is 1. The Morgan fingerprint density at radius 3 is 2.82 bits per heavy atom. The highest BCUT2D eigenvalue weighted by molar-refractivity contribution is 8.00. The zero-order valence-corrected chi connectivity index (χ0v) is 11.0. The van der Waals surface area contributed by atoms with Crippen LogP contribution in [0, 0.1) is 0 Å². The lowest BCUT2D eigenvalue weighted by molar-refractivity contribution is -0.0938. The molecule has 1 aliphatic rings. The second-order valence-corrected chi connectivity index (χ2v) is 5.28. The molecule has 5 heteroatoms. The molecule has 0 aliphatic carbocycles. The number of ether oxygens (including phenoxy) is 2. The molecule has 0 N–H and O–H groups in total. The fourth-order valence-electron chi connectivity index (χ4n) is 1.48. The first kappa shape index (κ1) is 12.7. The van der Waals surface area contributed by atoms with Crippen molar-refractivity contribution in [1.82, 2.24) is 0 Å². The van der Waals surface area contributed by atoms with Crippen LogP contribution in [0.5, 0.6) is 0 Å². The molecule has 0 bridgehead atoms. The van der Waals surface area contributed by atoms with Crippen LogP contribution in [0.15, 0.2) is 24.3 Å². The molecule has 0 saturated carbocycles. The highest BCUT2D eigenvalue weighted by Crippen LogP contribution is 2.28. The van der Waals surface area contributed by atoms with E-state index >= 15 is 0 Å². The van der Waals surface area contributed by atoms with Crippen molar-refractivity contribution in [3.05, 3.63) is 34.9 Å². The maximum absolute atomic E-state index is 11.8. The van der Waals surface area contributed by atoms with Gasteiger partial charge in [-0.25, -0.2) is 4.79 Å². The summed E-state index contributed by atoms with van der Waals surface area (Å²) in [4.78, 5) is 11.8. The molecule has 2 unspecified atom stereocenters. The van der Waals surface area contributed by atoms with Crippen LogP contribution in [-0.4, -0.2) is 23.4 Å². The number of hydrogen-bond acceptors (Lipinski definition) is 4. The quantitative estimate of drug-likeness (QED) is 0.791. The van der Waals surface area contributed by atoms with Gasteiger partial charge in [-0.2, -0.15) is 0 Å². The molecule has 0 amide bonds. The Morgan fingerprint density at radius 1 is 1.53 bits per heavy atom. The molecule has 1 aliphatic heterocycles. The minimum atomic E-state index is -0.437. The second kappa shape index (κ2) is 5.76. The Bertz CT molecular complexity index is 393. The molecular formula is C12H13ClO3S. The Morgan fingerprint density at radius 2 is 2.24 bits per heavy atom. The van der Waals surface area contributed by atoms with E-state index in [-0.39, 0.29) is 11.4 Å². The van der Waals surface area contributed by atoms with E-state index in [2.05, 4.69) is 0 Å². The van der Waals surface area contributed by atoms with Crippen molar-refractivity contribution in [3.8, 4) is 0 Å². The topological polar surface area (TPSA) is 35.5 Å². The van der Waals surface area contributed by atoms with Crippen LogP contribution in [0.2, 0.25) is 5.02 Å². The highest BCUT2D eigenvalue weighted by atomic mass is 35.5. The van der Waals surface area contributed by atoms with Crippen molar-refractivity contribution in [1.29, 1.82) is 0 Å². The third-order valence-corrected chi connectivity index (χ3v) is 3.91. The second-order valence-electron chi connectivity index (χ2n) is 3.65. The molecule has 1 heterocycles. The average Bonchev–Trinajstić information content (AvgIpc) is 2.77. The molecule has 3 nitrogen and oxygen atoms in total. The maximum atomic E-state index is 11.8. The summed E-state index contributed by atoms with van der Waals surface area (Å²) in [5.74, 6) is 0.321. The van der Waals surface area contributed by atoms with E-state index in [1.54, 1.807) is 36.0 Å². The number of carbonyl (C=O) groups excluding carboxylic acids is 1. The normalized spacial score (nSPS) is 23.6. The Balaban J connectivity index is 1.91. The van der Waals surface area contributed by atoms with Crippen LogP contribution in [0.25, 0.3) is 0 Å². The van der Waals surface area contributed by atoms with Gasteiger partial charge in [0.2, 0.25) is 6.29 Å². The number of hydrogen-bond donors (Lipinski definition) is 0. The molecular weight excluding hydrogens is 260 g/mol. The lowest BCUT2D eigenvalue weighted by Crippen LogP contribution is -2.20. The largest absolute Gasteiger partial charge is 0.431 e. The molecule has 1 fully saturated rings. The SMILES string of the molecule is CCC1OC(OC(=O)c2ccc(Cl)cc2)CS1. The van der Waals surface area contributed by atoms with Gasteiger partial charge in [0.25, 0.3) is 0 Å². The molecule has 2 atom stereocenters. The summed E-state index contributed by atoms with van der Waals surface area (Å²) >= 11 is 7.41. The van der Waals surface area contributed by atoms with Crippen molar-refractivity contribution in [2.24, 2.45) is 0 Å². The first-order valence-corrected chi connectivity index (χ1v) is 6.85. The van der Waals surface area contributed by atoms with E-state index in [0.29, 0.717) is 16.3 Å². The predicted molar refractivity (Wildman–Crippen MR) is 68.3 cm³/mol. The van der Waals surface area contributed by atoms with E-state index in [1.807, 2.05) is 6.92 Å². The summed E-state index contributed by atoms with van der Waals surface area (Å²) in [5, 5.41) is 0.597. The standard InChI is InChI=1S/C12H13ClO3S/c1-2-11-15-10(7-17-11)16-12(14)8-3-5-9(13)6-4-8/h3-6,10-11H,2,7H2,1H3. The minimum absolute atomic E-state index is 0.137. The fourth-order valence-corrected chi connectivity index (χ4v) is 2.57. The van der Waals surface area contributed by atoms with Gasteiger partial charge < -0.3 is 9.47 Å². The number of halogens is 1. The molecule has 0 radical (unpaired) electrons. The molecule has 1 saturated heterocycles. The summed E-state index contributed by atoms with van der Waals surface area (Å²) in [6.07, 6.45) is 0.479. The third-order valence-electron chi connectivity index (χ3n) is 2.37. The Hall–Kier alpha value is -0.710. The van der Waals surface area contributed by atoms with Gasteiger partial charge >= 0.3 is 5.97 Å². The highest BCUT2D eigenvalue weighted by Gasteiger charge is 2.27. The van der Waals surface area contributed by atoms with Crippen molar-refractivity contribution in [2.75, 3.05) is 5.75 Å². The van der Waals surface area contributed by atoms with Gasteiger partial charge in [-0.3, -0.25) is 0 Å². The summed E-state index contributed by atoms with van der Waals surface area (Å²) < 4.78 is 10.8. The molecule has 2 rings (SSSR count). The van der Waals surface area contributed by atoms with Crippen molar-refractivity contribution in [2.45, 2.75) is 25.1 Å². The number of carbonyl (C=O) groups is 1. The zero-order valence-electron chi connectivity index (χ0n) is 9.39. The van der Waals surface area contributed by atoms with Crippen molar-refractivity contribution in [3.63, 3.8) is 0 Å². The zero-order chi connectivity index (χ0) is 12.3. The first-order valence-electron chi connectivity index (χ1n) is 5.42. The van der Waals surface area contributed by atoms with E-state index in [4.69, 9.17) is 21.1 Å². The van der Waals surface area contributed by atoms with E-state index in [9.17, 15) is 4.79 Å². The molecule has 0 aromatic heterocycles. The van der Waals surface area contributed by atoms with Gasteiger partial charge in [-0.15, -0.1) is 11.8 Å². The molecule has 1 aromatic carbocycles. The van der Waals surface area contributed by atoms with Crippen molar-refractivity contribution < 1.29 is 14.3 Å². The average molecular weight is 273 g/mol. The Kier molecular flexibility index (Phi) is 4.31. The summed E-state index contributed by atoms with van der Waals surface area (Å²) in [6, 6.07) is 6.61. The van der Waals surface area contributed by atoms with Gasteiger partial charge in [-0.1, -0.05) is 18.5 Å². The number of rotatable bonds is 3. The van der Waals surface area contributed by atoms with E-state index in [1.165, 1.54) is 0 Å². The summed E-state index contributed by atoms with van der Waals surface area (Å²) in [7, 11) is 0. The maximum Gasteiger partial charge on any atom is 0.340 e. The van der Waals surface area contributed by atoms with Crippen LogP contribution >= 0.6 is 23.4 Å². The van der Waals surface area contributed by atoms with Crippen LogP contribution in [0.3, 0.4) is 0 Å². The minimum Gasteiger partial charge on any atom is -0.431 e. The molecule has 1 aromatic rings. The van der Waals surface area contributed by atoms with Gasteiger partial charge in [0.15, 0.2) is 0 Å². The first-order chi connectivity index (χ1) is 8.19. The molecule has 0 spiro atoms. The van der Waals surface area contributed by atoms with E-state index < -0.39 is 6.29 Å². The van der Waals surface area contributed by atoms with Crippen LogP contribution < -0.4 is 0 Å². The van der Waals surface area contributed by atoms with Crippen molar-refractivity contribution >= 4 is 29.3 Å².